The van der Waals surface area contributed by atoms with Gasteiger partial charge in [0.15, 0.2) is 17.5 Å². The van der Waals surface area contributed by atoms with E-state index >= 15 is 0 Å². The van der Waals surface area contributed by atoms with E-state index in [4.69, 9.17) is 38.7 Å². The predicted octanol–water partition coefficient (Wildman–Crippen LogP) is 15.5. The molecule has 0 aliphatic heterocycles. The van der Waals surface area contributed by atoms with Crippen LogP contribution in [0.3, 0.4) is 0 Å². The molecule has 6 heterocycles. The molecule has 0 aliphatic rings. The van der Waals surface area contributed by atoms with Gasteiger partial charge in [-0.3, -0.25) is 4.57 Å². The molecule has 15 aromatic rings. The van der Waals surface area contributed by atoms with Crippen LogP contribution in [-0.2, 0) is 0 Å². The van der Waals surface area contributed by atoms with Gasteiger partial charge in [0.2, 0.25) is 0 Å². The Morgan fingerprint density at radius 2 is 0.746 bits per heavy atom. The second kappa shape index (κ2) is 15.3. The van der Waals surface area contributed by atoms with Crippen molar-refractivity contribution in [2.24, 2.45) is 0 Å². The molecule has 0 unspecified atom stereocenters. The Balaban J connectivity index is 1.02. The number of benzene rings is 9. The highest BCUT2D eigenvalue weighted by molar-refractivity contribution is 6.24. The van der Waals surface area contributed by atoms with Crippen molar-refractivity contribution >= 4 is 76.5 Å². The maximum Gasteiger partial charge on any atom is 0.200 e. The van der Waals surface area contributed by atoms with E-state index in [1.165, 1.54) is 0 Å². The van der Waals surface area contributed by atoms with E-state index in [9.17, 15) is 0 Å². The largest absolute Gasteiger partial charge is 0.455 e. The zero-order valence-electron chi connectivity index (χ0n) is 37.7. The molecule has 15 rings (SSSR count). The quantitative estimate of drug-likeness (QED) is 0.145. The zero-order valence-corrected chi connectivity index (χ0v) is 37.7. The lowest BCUT2D eigenvalue weighted by Gasteiger charge is -2.14. The lowest BCUT2D eigenvalue weighted by molar-refractivity contribution is 0.669. The number of furan rings is 2. The third-order valence-electron chi connectivity index (χ3n) is 13.6. The van der Waals surface area contributed by atoms with Crippen molar-refractivity contribution in [2.75, 3.05) is 0 Å². The second-order valence-electron chi connectivity index (χ2n) is 17.8. The SMILES string of the molecule is c1ccc(-c2cc(-c3cccc4c3oc3ccccc34)nc(-c3cc(-n4c5cccc6ccc7cccc4c7c65)nc(-c4nc(-c5ccccc5)cc(-c5cccc6c5oc5ccccc56)n4)n3)n2)cc1. The number of hydrogen-bond donors (Lipinski definition) is 0. The van der Waals surface area contributed by atoms with Crippen LogP contribution in [0.2, 0.25) is 0 Å². The molecular formula is C62H35N7O2. The summed E-state index contributed by atoms with van der Waals surface area (Å²) in [5.74, 6) is 1.65. The van der Waals surface area contributed by atoms with Gasteiger partial charge in [0.25, 0.3) is 0 Å². The molecule has 71 heavy (non-hydrogen) atoms. The second-order valence-corrected chi connectivity index (χ2v) is 17.8. The molecule has 0 bridgehead atoms. The van der Waals surface area contributed by atoms with E-state index < -0.39 is 0 Å². The number of hydrogen-bond acceptors (Lipinski definition) is 8. The summed E-state index contributed by atoms with van der Waals surface area (Å²) in [4.78, 5) is 32.2. The molecule has 0 saturated carbocycles. The number of fused-ring (bicyclic) bond motifs is 6. The van der Waals surface area contributed by atoms with Gasteiger partial charge in [0.05, 0.1) is 33.8 Å². The van der Waals surface area contributed by atoms with E-state index in [2.05, 4.69) is 114 Å². The Morgan fingerprint density at radius 3 is 1.31 bits per heavy atom. The Hall–Kier alpha value is -9.86. The van der Waals surface area contributed by atoms with E-state index in [0.717, 1.165) is 104 Å². The third-order valence-corrected chi connectivity index (χ3v) is 13.6. The van der Waals surface area contributed by atoms with Crippen LogP contribution in [0.4, 0.5) is 0 Å². The van der Waals surface area contributed by atoms with Crippen LogP contribution in [0.1, 0.15) is 0 Å². The summed E-state index contributed by atoms with van der Waals surface area (Å²) in [6.07, 6.45) is 0. The van der Waals surface area contributed by atoms with Gasteiger partial charge >= 0.3 is 0 Å². The first-order valence-electron chi connectivity index (χ1n) is 23.5. The first kappa shape index (κ1) is 39.2. The van der Waals surface area contributed by atoms with E-state index in [0.29, 0.717) is 46.1 Å². The van der Waals surface area contributed by atoms with Crippen molar-refractivity contribution in [1.29, 1.82) is 0 Å². The fourth-order valence-electron chi connectivity index (χ4n) is 10.4. The van der Waals surface area contributed by atoms with Crippen molar-refractivity contribution in [3.8, 4) is 74.0 Å². The lowest BCUT2D eigenvalue weighted by Crippen LogP contribution is -2.06. The molecule has 0 N–H and O–H groups in total. The van der Waals surface area contributed by atoms with E-state index in [1.807, 2.05) is 103 Å². The molecule has 0 atom stereocenters. The summed E-state index contributed by atoms with van der Waals surface area (Å²) in [5, 5.41) is 8.69. The van der Waals surface area contributed by atoms with Gasteiger partial charge in [-0.25, -0.2) is 29.9 Å². The topological polar surface area (TPSA) is 109 Å². The maximum absolute atomic E-state index is 6.60. The van der Waals surface area contributed by atoms with Crippen molar-refractivity contribution in [3.05, 3.63) is 212 Å². The minimum atomic E-state index is 0.304. The molecule has 0 spiro atoms. The van der Waals surface area contributed by atoms with Crippen LogP contribution in [0.15, 0.2) is 221 Å². The Bertz CT molecular complexity index is 4310. The van der Waals surface area contributed by atoms with Crippen LogP contribution < -0.4 is 0 Å². The highest BCUT2D eigenvalue weighted by atomic mass is 16.3. The Morgan fingerprint density at radius 1 is 0.310 bits per heavy atom. The number of rotatable bonds is 7. The molecule has 0 radical (unpaired) electrons. The monoisotopic (exact) mass is 909 g/mol. The average Bonchev–Trinajstić information content (AvgIpc) is 4.13. The van der Waals surface area contributed by atoms with Crippen LogP contribution in [0.25, 0.3) is 150 Å². The van der Waals surface area contributed by atoms with Crippen LogP contribution in [0.5, 0.6) is 0 Å². The number of aromatic nitrogens is 7. The van der Waals surface area contributed by atoms with Gasteiger partial charge in [0.1, 0.15) is 33.8 Å². The van der Waals surface area contributed by atoms with Crippen molar-refractivity contribution in [2.45, 2.75) is 0 Å². The molecule has 0 saturated heterocycles. The normalized spacial score (nSPS) is 11.9. The first-order chi connectivity index (χ1) is 35.2. The molecule has 330 valence electrons. The minimum Gasteiger partial charge on any atom is -0.455 e. The summed E-state index contributed by atoms with van der Waals surface area (Å²) in [7, 11) is 0. The van der Waals surface area contributed by atoms with Gasteiger partial charge in [-0.2, -0.15) is 0 Å². The Kier molecular flexibility index (Phi) is 8.46. The summed E-state index contributed by atoms with van der Waals surface area (Å²) in [6.45, 7) is 0. The molecule has 0 aliphatic carbocycles. The molecule has 9 nitrogen and oxygen atoms in total. The third kappa shape index (κ3) is 6.20. The molecule has 6 aromatic heterocycles. The van der Waals surface area contributed by atoms with Crippen LogP contribution >= 0.6 is 0 Å². The molecule has 9 aromatic carbocycles. The summed E-state index contributed by atoms with van der Waals surface area (Å²) in [5.41, 5.74) is 11.9. The standard InChI is InChI=1S/C62H35N7O2/c1-3-15-36(16-4-1)46-33-48(44-25-13-23-42-40-21-7-9-29-53(40)70-58(42)44)65-60(63-46)50-35-55(69-51-27-11-19-38-31-32-39-20-12-28-52(69)57(39)56(38)51)68-62(67-50)61-64-47(37-17-5-2-6-18-37)34-49(66-61)45-26-14-24-43-41-22-8-10-30-54(41)71-59(43)45/h1-35H. The van der Waals surface area contributed by atoms with Crippen molar-refractivity contribution in [1.82, 2.24) is 34.5 Å². The molecule has 0 amide bonds. The highest BCUT2D eigenvalue weighted by Gasteiger charge is 2.24. The predicted molar refractivity (Wildman–Crippen MR) is 283 cm³/mol. The van der Waals surface area contributed by atoms with E-state index in [1.54, 1.807) is 0 Å². The van der Waals surface area contributed by atoms with Gasteiger partial charge < -0.3 is 8.83 Å². The smallest absolute Gasteiger partial charge is 0.200 e. The fraction of sp³-hybridized carbons (Fsp3) is 0. The van der Waals surface area contributed by atoms with Gasteiger partial charge in [0, 0.05) is 60.6 Å². The lowest BCUT2D eigenvalue weighted by atomic mass is 10.0. The number of para-hydroxylation sites is 4. The number of nitrogens with zero attached hydrogens (tertiary/aromatic N) is 7. The van der Waals surface area contributed by atoms with Crippen molar-refractivity contribution in [3.63, 3.8) is 0 Å². The summed E-state index contributed by atoms with van der Waals surface area (Å²) >= 11 is 0. The van der Waals surface area contributed by atoms with E-state index in [-0.39, 0.29) is 0 Å². The molecule has 0 fully saturated rings. The molecule has 9 heteroatoms. The van der Waals surface area contributed by atoms with Crippen LogP contribution in [0, 0.1) is 0 Å². The van der Waals surface area contributed by atoms with Gasteiger partial charge in [-0.05, 0) is 59.3 Å². The van der Waals surface area contributed by atoms with Gasteiger partial charge in [-0.1, -0.05) is 158 Å². The fourth-order valence-corrected chi connectivity index (χ4v) is 10.4. The first-order valence-corrected chi connectivity index (χ1v) is 23.5. The molecular weight excluding hydrogens is 875 g/mol. The highest BCUT2D eigenvalue weighted by Crippen LogP contribution is 2.42. The average molecular weight is 910 g/mol. The van der Waals surface area contributed by atoms with Crippen LogP contribution in [-0.4, -0.2) is 34.5 Å². The maximum atomic E-state index is 6.60. The Labute approximate surface area is 404 Å². The van der Waals surface area contributed by atoms with Gasteiger partial charge in [-0.15, -0.1) is 0 Å². The zero-order chi connectivity index (χ0) is 46.6. The van der Waals surface area contributed by atoms with Crippen molar-refractivity contribution < 1.29 is 8.83 Å². The minimum absolute atomic E-state index is 0.304. The summed E-state index contributed by atoms with van der Waals surface area (Å²) in [6, 6.07) is 72.1. The summed E-state index contributed by atoms with van der Waals surface area (Å²) < 4.78 is 15.4.